The molecule has 9 heteroatoms. The Kier molecular flexibility index (Phi) is 3.07. The van der Waals surface area contributed by atoms with E-state index in [0.717, 1.165) is 0 Å². The molecule has 1 saturated heterocycles. The highest BCUT2D eigenvalue weighted by atomic mass is 32.2. The molecule has 1 aromatic rings. The molecule has 3 rings (SSSR count). The summed E-state index contributed by atoms with van der Waals surface area (Å²) in [6, 6.07) is 0. The number of thioether (sulfide) groups is 1. The Morgan fingerprint density at radius 2 is 2.35 bits per heavy atom. The Labute approximate surface area is 117 Å². The van der Waals surface area contributed by atoms with Crippen LogP contribution in [-0.2, 0) is 16.1 Å². The number of hydrogen-bond donors (Lipinski definition) is 2. The third kappa shape index (κ3) is 1.91. The second-order valence-corrected chi connectivity index (χ2v) is 5.16. The number of carbonyl (C=O) groups excluding carboxylic acids is 1. The van der Waals surface area contributed by atoms with E-state index in [1.165, 1.54) is 26.8 Å². The minimum atomic E-state index is -1.11. The molecule has 1 fully saturated rings. The van der Waals surface area contributed by atoms with E-state index in [1.54, 1.807) is 12.3 Å². The fourth-order valence-corrected chi connectivity index (χ4v) is 3.14. The van der Waals surface area contributed by atoms with Crippen molar-refractivity contribution in [2.75, 3.05) is 6.61 Å². The normalized spacial score (nSPS) is 22.8. The molecular formula is C11H10N4O4S. The Morgan fingerprint density at radius 3 is 3.05 bits per heavy atom. The Hall–Kier alpha value is -2.13. The third-order valence-electron chi connectivity index (χ3n) is 2.94. The second kappa shape index (κ2) is 4.76. The number of carboxylic acid groups (broad SMARTS) is 1. The van der Waals surface area contributed by atoms with E-state index in [4.69, 9.17) is 10.2 Å². The fourth-order valence-electron chi connectivity index (χ4n) is 2.02. The summed E-state index contributed by atoms with van der Waals surface area (Å²) < 4.78 is 1.47. The molecule has 0 unspecified atom stereocenters. The van der Waals surface area contributed by atoms with Gasteiger partial charge in [-0.15, -0.1) is 16.9 Å². The van der Waals surface area contributed by atoms with E-state index in [-0.39, 0.29) is 23.6 Å². The molecule has 2 N–H and O–H groups in total. The van der Waals surface area contributed by atoms with Crippen LogP contribution in [0.2, 0.25) is 0 Å². The molecule has 104 valence electrons. The van der Waals surface area contributed by atoms with Crippen LogP contribution in [0.4, 0.5) is 0 Å². The van der Waals surface area contributed by atoms with Gasteiger partial charge < -0.3 is 10.2 Å². The van der Waals surface area contributed by atoms with Crippen molar-refractivity contribution in [3.63, 3.8) is 0 Å². The zero-order chi connectivity index (χ0) is 14.3. The van der Waals surface area contributed by atoms with E-state index < -0.39 is 5.97 Å². The zero-order valence-electron chi connectivity index (χ0n) is 10.1. The first-order chi connectivity index (χ1) is 9.61. The van der Waals surface area contributed by atoms with Crippen LogP contribution in [0.1, 0.15) is 5.69 Å². The number of amides is 1. The van der Waals surface area contributed by atoms with Crippen molar-refractivity contribution in [1.82, 2.24) is 19.9 Å². The molecule has 20 heavy (non-hydrogen) atoms. The van der Waals surface area contributed by atoms with Crippen molar-refractivity contribution < 1.29 is 19.8 Å². The van der Waals surface area contributed by atoms with Crippen LogP contribution < -0.4 is 0 Å². The molecule has 1 atom stereocenters. The number of β-lactam (4-membered cyclic amide) rings is 1. The van der Waals surface area contributed by atoms with Gasteiger partial charge in [-0.2, -0.15) is 0 Å². The number of carboxylic acids is 1. The molecule has 0 spiro atoms. The number of aromatic nitrogens is 3. The molecule has 0 bridgehead atoms. The van der Waals surface area contributed by atoms with E-state index in [2.05, 4.69) is 10.3 Å². The summed E-state index contributed by atoms with van der Waals surface area (Å²) in [6.45, 7) is 0.287. The van der Waals surface area contributed by atoms with Gasteiger partial charge in [-0.3, -0.25) is 9.69 Å². The van der Waals surface area contributed by atoms with Crippen LogP contribution in [0.15, 0.2) is 22.9 Å². The topological polar surface area (TPSA) is 109 Å². The van der Waals surface area contributed by atoms with E-state index >= 15 is 0 Å². The number of aliphatic hydroxyl groups is 1. The van der Waals surface area contributed by atoms with Crippen molar-refractivity contribution in [2.24, 2.45) is 0 Å². The Bertz CT molecular complexity index is 651. The average molecular weight is 294 g/mol. The predicted octanol–water partition coefficient (Wildman–Crippen LogP) is -0.505. The molecule has 0 aliphatic carbocycles. The SMILES string of the molecule is O=C(O)C1=CS[C@@H]2/C(=C/c3cn(CCO)nn3)C(=O)N12. The van der Waals surface area contributed by atoms with Gasteiger partial charge in [-0.25, -0.2) is 9.48 Å². The van der Waals surface area contributed by atoms with Gasteiger partial charge in [-0.05, 0) is 6.08 Å². The summed E-state index contributed by atoms with van der Waals surface area (Å²) in [5.74, 6) is -1.44. The summed E-state index contributed by atoms with van der Waals surface area (Å²) in [4.78, 5) is 24.1. The maximum atomic E-state index is 11.9. The molecule has 1 aromatic heterocycles. The Morgan fingerprint density at radius 1 is 1.55 bits per heavy atom. The van der Waals surface area contributed by atoms with Crippen LogP contribution in [0.25, 0.3) is 6.08 Å². The van der Waals surface area contributed by atoms with Gasteiger partial charge in [-0.1, -0.05) is 5.21 Å². The van der Waals surface area contributed by atoms with E-state index in [1.807, 2.05) is 0 Å². The highest BCUT2D eigenvalue weighted by Gasteiger charge is 2.49. The van der Waals surface area contributed by atoms with Crippen molar-refractivity contribution in [3.8, 4) is 0 Å². The maximum Gasteiger partial charge on any atom is 0.353 e. The number of rotatable bonds is 4. The molecule has 2 aliphatic rings. The summed E-state index contributed by atoms with van der Waals surface area (Å²) in [6.07, 6.45) is 3.21. The number of nitrogens with zero attached hydrogens (tertiary/aromatic N) is 4. The first-order valence-corrected chi connectivity index (χ1v) is 6.71. The lowest BCUT2D eigenvalue weighted by Gasteiger charge is -2.36. The van der Waals surface area contributed by atoms with Gasteiger partial charge in [0.15, 0.2) is 0 Å². The Balaban J connectivity index is 1.78. The third-order valence-corrected chi connectivity index (χ3v) is 4.02. The number of carbonyl (C=O) groups is 2. The van der Waals surface area contributed by atoms with Gasteiger partial charge >= 0.3 is 5.97 Å². The lowest BCUT2D eigenvalue weighted by molar-refractivity contribution is -0.141. The molecule has 0 aromatic carbocycles. The summed E-state index contributed by atoms with van der Waals surface area (Å²) in [5, 5.41) is 26.6. The van der Waals surface area contributed by atoms with Gasteiger partial charge in [0.1, 0.15) is 16.8 Å². The van der Waals surface area contributed by atoms with E-state index in [9.17, 15) is 9.59 Å². The van der Waals surface area contributed by atoms with Gasteiger partial charge in [0.25, 0.3) is 5.91 Å². The zero-order valence-corrected chi connectivity index (χ0v) is 10.9. The lowest BCUT2D eigenvalue weighted by atomic mass is 10.0. The van der Waals surface area contributed by atoms with Gasteiger partial charge in [0, 0.05) is 5.41 Å². The highest BCUT2D eigenvalue weighted by molar-refractivity contribution is 8.03. The lowest BCUT2D eigenvalue weighted by Crippen LogP contribution is -2.51. The molecular weight excluding hydrogens is 284 g/mol. The minimum Gasteiger partial charge on any atom is -0.477 e. The summed E-state index contributed by atoms with van der Waals surface area (Å²) in [5.41, 5.74) is 1.01. The number of aliphatic carboxylic acids is 1. The quantitative estimate of drug-likeness (QED) is 0.569. The number of hydrogen-bond acceptors (Lipinski definition) is 6. The van der Waals surface area contributed by atoms with Crippen LogP contribution in [-0.4, -0.2) is 54.0 Å². The van der Waals surface area contributed by atoms with Crippen molar-refractivity contribution in [3.05, 3.63) is 28.6 Å². The van der Waals surface area contributed by atoms with Crippen LogP contribution in [0.5, 0.6) is 0 Å². The number of fused-ring (bicyclic) bond motifs is 1. The fraction of sp³-hybridized carbons (Fsp3) is 0.273. The van der Waals surface area contributed by atoms with Crippen LogP contribution in [0, 0.1) is 0 Å². The molecule has 8 nitrogen and oxygen atoms in total. The standard InChI is InChI=1S/C11H10N4O4S/c16-2-1-14-4-6(12-13-14)3-7-9(17)15-8(11(18)19)5-20-10(7)15/h3-5,10,16H,1-2H2,(H,18,19)/b7-3+/t10-/m1/s1. The van der Waals surface area contributed by atoms with Gasteiger partial charge in [0.2, 0.25) is 0 Å². The first-order valence-electron chi connectivity index (χ1n) is 5.77. The highest BCUT2D eigenvalue weighted by Crippen LogP contribution is 2.44. The molecule has 0 radical (unpaired) electrons. The van der Waals surface area contributed by atoms with Gasteiger partial charge in [0.05, 0.1) is 24.9 Å². The average Bonchev–Trinajstić information content (AvgIpc) is 3.00. The first kappa shape index (κ1) is 12.9. The maximum absolute atomic E-state index is 11.9. The van der Waals surface area contributed by atoms with Crippen molar-refractivity contribution >= 4 is 29.7 Å². The van der Waals surface area contributed by atoms with Crippen molar-refractivity contribution in [1.29, 1.82) is 0 Å². The van der Waals surface area contributed by atoms with E-state index in [0.29, 0.717) is 17.8 Å². The molecule has 1 amide bonds. The van der Waals surface area contributed by atoms with Crippen LogP contribution in [0.3, 0.4) is 0 Å². The number of aliphatic hydroxyl groups excluding tert-OH is 1. The molecule has 3 heterocycles. The van der Waals surface area contributed by atoms with Crippen LogP contribution >= 0.6 is 11.8 Å². The minimum absolute atomic E-state index is 0.00563. The monoisotopic (exact) mass is 294 g/mol. The summed E-state index contributed by atoms with van der Waals surface area (Å²) >= 11 is 1.28. The molecule has 2 aliphatic heterocycles. The smallest absolute Gasteiger partial charge is 0.353 e. The summed E-state index contributed by atoms with van der Waals surface area (Å²) in [7, 11) is 0. The van der Waals surface area contributed by atoms with Crippen molar-refractivity contribution in [2.45, 2.75) is 11.9 Å². The molecule has 0 saturated carbocycles. The second-order valence-electron chi connectivity index (χ2n) is 4.20. The largest absolute Gasteiger partial charge is 0.477 e. The predicted molar refractivity (Wildman–Crippen MR) is 69.0 cm³/mol.